The van der Waals surface area contributed by atoms with Gasteiger partial charge in [-0.1, -0.05) is 13.3 Å². The molecule has 2 rings (SSSR count). The van der Waals surface area contributed by atoms with Crippen LogP contribution < -0.4 is 5.32 Å². The van der Waals surface area contributed by atoms with Crippen molar-refractivity contribution in [2.75, 3.05) is 11.1 Å². The zero-order valence-corrected chi connectivity index (χ0v) is 13.2. The van der Waals surface area contributed by atoms with Crippen LogP contribution in [0.4, 0.5) is 11.5 Å². The Morgan fingerprint density at radius 3 is 2.90 bits per heavy atom. The molecule has 1 aliphatic carbocycles. The van der Waals surface area contributed by atoms with Gasteiger partial charge in [-0.2, -0.15) is 0 Å². The summed E-state index contributed by atoms with van der Waals surface area (Å²) >= 11 is 0. The highest BCUT2D eigenvalue weighted by atomic mass is 32.2. The summed E-state index contributed by atoms with van der Waals surface area (Å²) in [6, 6.07) is 1.77. The van der Waals surface area contributed by atoms with Crippen LogP contribution in [0, 0.1) is 17.0 Å². The minimum atomic E-state index is -0.757. The van der Waals surface area contributed by atoms with E-state index in [0.717, 1.165) is 31.2 Å². The van der Waals surface area contributed by atoms with Crippen LogP contribution in [0.1, 0.15) is 38.2 Å². The molecule has 0 saturated heterocycles. The third kappa shape index (κ3) is 4.00. The molecule has 0 aromatic carbocycles. The van der Waals surface area contributed by atoms with Crippen LogP contribution in [0.3, 0.4) is 0 Å². The molecule has 0 spiro atoms. The lowest BCUT2D eigenvalue weighted by atomic mass is 9.95. The van der Waals surface area contributed by atoms with E-state index in [-0.39, 0.29) is 17.0 Å². The largest absolute Gasteiger partial charge is 0.367 e. The van der Waals surface area contributed by atoms with E-state index in [0.29, 0.717) is 11.6 Å². The monoisotopic (exact) mass is 311 g/mol. The van der Waals surface area contributed by atoms with Crippen molar-refractivity contribution >= 4 is 22.3 Å². The number of hydrogen-bond acceptors (Lipinski definition) is 5. The standard InChI is InChI=1S/C14H21N3O3S/c1-3-21(20)13-6-4-5-11(8-13)16-14-10(2)7-12(9-15-14)17(18)19/h7,9,11,13H,3-6,8H2,1-2H3,(H,15,16). The average Bonchev–Trinajstić information content (AvgIpc) is 2.48. The van der Waals surface area contributed by atoms with Crippen molar-refractivity contribution in [2.24, 2.45) is 0 Å². The van der Waals surface area contributed by atoms with Gasteiger partial charge in [-0.15, -0.1) is 0 Å². The lowest BCUT2D eigenvalue weighted by molar-refractivity contribution is -0.385. The number of rotatable bonds is 5. The summed E-state index contributed by atoms with van der Waals surface area (Å²) in [6.45, 7) is 3.77. The fourth-order valence-electron chi connectivity index (χ4n) is 2.75. The number of aromatic nitrogens is 1. The molecule has 0 amide bonds. The summed E-state index contributed by atoms with van der Waals surface area (Å²) in [4.78, 5) is 14.4. The van der Waals surface area contributed by atoms with Crippen LogP contribution >= 0.6 is 0 Å². The van der Waals surface area contributed by atoms with Crippen LogP contribution in [-0.2, 0) is 10.8 Å². The first kappa shape index (κ1) is 15.9. The molecule has 1 fully saturated rings. The highest BCUT2D eigenvalue weighted by molar-refractivity contribution is 7.85. The third-order valence-corrected chi connectivity index (χ3v) is 5.64. The van der Waals surface area contributed by atoms with Gasteiger partial charge >= 0.3 is 0 Å². The van der Waals surface area contributed by atoms with Gasteiger partial charge in [0.1, 0.15) is 12.0 Å². The van der Waals surface area contributed by atoms with Gasteiger partial charge in [0.05, 0.1) is 4.92 Å². The van der Waals surface area contributed by atoms with E-state index in [2.05, 4.69) is 10.3 Å². The Labute approximate surface area is 127 Å². The minimum Gasteiger partial charge on any atom is -0.367 e. The normalized spacial score (nSPS) is 23.5. The van der Waals surface area contributed by atoms with E-state index in [4.69, 9.17) is 0 Å². The summed E-state index contributed by atoms with van der Waals surface area (Å²) in [7, 11) is -0.757. The van der Waals surface area contributed by atoms with E-state index in [1.54, 1.807) is 0 Å². The number of pyridine rings is 1. The van der Waals surface area contributed by atoms with Gasteiger partial charge in [0.25, 0.3) is 5.69 Å². The van der Waals surface area contributed by atoms with E-state index in [1.807, 2.05) is 13.8 Å². The number of aryl methyl sites for hydroxylation is 1. The second-order valence-corrected chi connectivity index (χ2v) is 7.42. The maximum atomic E-state index is 11.9. The van der Waals surface area contributed by atoms with Crippen molar-refractivity contribution in [3.05, 3.63) is 27.9 Å². The quantitative estimate of drug-likeness (QED) is 0.667. The number of nitro groups is 1. The van der Waals surface area contributed by atoms with Crippen LogP contribution in [0.5, 0.6) is 0 Å². The van der Waals surface area contributed by atoms with E-state index < -0.39 is 15.7 Å². The predicted octanol–water partition coefficient (Wildman–Crippen LogP) is 2.79. The van der Waals surface area contributed by atoms with Gasteiger partial charge in [0, 0.05) is 33.9 Å². The van der Waals surface area contributed by atoms with Gasteiger partial charge in [-0.25, -0.2) is 4.98 Å². The van der Waals surface area contributed by atoms with Gasteiger partial charge in [-0.3, -0.25) is 14.3 Å². The van der Waals surface area contributed by atoms with Crippen LogP contribution in [0.2, 0.25) is 0 Å². The Kier molecular flexibility index (Phi) is 5.27. The van der Waals surface area contributed by atoms with Gasteiger partial charge < -0.3 is 5.32 Å². The summed E-state index contributed by atoms with van der Waals surface area (Å²) in [5, 5.41) is 14.3. The number of nitrogens with zero attached hydrogens (tertiary/aromatic N) is 2. The molecule has 0 bridgehead atoms. The summed E-state index contributed by atoms with van der Waals surface area (Å²) in [5.74, 6) is 1.39. The predicted molar refractivity (Wildman–Crippen MR) is 84.0 cm³/mol. The van der Waals surface area contributed by atoms with E-state index in [9.17, 15) is 14.3 Å². The molecule has 1 aliphatic rings. The summed E-state index contributed by atoms with van der Waals surface area (Å²) in [5.41, 5.74) is 0.773. The Hall–Kier alpha value is -1.50. The minimum absolute atomic E-state index is 0.00616. The molecule has 0 radical (unpaired) electrons. The zero-order valence-electron chi connectivity index (χ0n) is 12.4. The topological polar surface area (TPSA) is 85.1 Å². The molecule has 3 unspecified atom stereocenters. The highest BCUT2D eigenvalue weighted by Crippen LogP contribution is 2.27. The third-order valence-electron chi connectivity index (χ3n) is 3.90. The molecule has 116 valence electrons. The smallest absolute Gasteiger partial charge is 0.287 e. The molecule has 1 N–H and O–H groups in total. The Morgan fingerprint density at radius 1 is 1.52 bits per heavy atom. The molecule has 6 nitrogen and oxygen atoms in total. The number of hydrogen-bond donors (Lipinski definition) is 1. The molecule has 0 aliphatic heterocycles. The molecular weight excluding hydrogens is 290 g/mol. The van der Waals surface area contributed by atoms with Crippen LogP contribution in [-0.4, -0.2) is 31.2 Å². The van der Waals surface area contributed by atoms with Gasteiger partial charge in [0.15, 0.2) is 0 Å². The van der Waals surface area contributed by atoms with Crippen molar-refractivity contribution in [1.29, 1.82) is 0 Å². The van der Waals surface area contributed by atoms with Crippen molar-refractivity contribution in [1.82, 2.24) is 4.98 Å². The highest BCUT2D eigenvalue weighted by Gasteiger charge is 2.26. The Morgan fingerprint density at radius 2 is 2.29 bits per heavy atom. The second-order valence-electron chi connectivity index (χ2n) is 5.42. The van der Waals surface area contributed by atoms with Crippen molar-refractivity contribution < 1.29 is 9.13 Å². The lowest BCUT2D eigenvalue weighted by Gasteiger charge is -2.29. The average molecular weight is 311 g/mol. The molecule has 1 aromatic heterocycles. The van der Waals surface area contributed by atoms with Gasteiger partial charge in [-0.05, 0) is 31.7 Å². The Bertz CT molecular complexity index is 550. The first-order valence-corrected chi connectivity index (χ1v) is 8.64. The van der Waals surface area contributed by atoms with Crippen LogP contribution in [0.25, 0.3) is 0 Å². The van der Waals surface area contributed by atoms with Gasteiger partial charge in [0.2, 0.25) is 0 Å². The van der Waals surface area contributed by atoms with E-state index >= 15 is 0 Å². The van der Waals surface area contributed by atoms with E-state index in [1.165, 1.54) is 12.3 Å². The molecule has 7 heteroatoms. The molecule has 1 aromatic rings. The first-order valence-electron chi connectivity index (χ1n) is 7.26. The maximum Gasteiger partial charge on any atom is 0.287 e. The Balaban J connectivity index is 2.04. The molecule has 21 heavy (non-hydrogen) atoms. The maximum absolute atomic E-state index is 11.9. The summed E-state index contributed by atoms with van der Waals surface area (Å²) < 4.78 is 11.9. The number of anilines is 1. The zero-order chi connectivity index (χ0) is 15.4. The fraction of sp³-hybridized carbons (Fsp3) is 0.643. The summed E-state index contributed by atoms with van der Waals surface area (Å²) in [6.07, 6.45) is 5.25. The van der Waals surface area contributed by atoms with Crippen molar-refractivity contribution in [3.8, 4) is 0 Å². The molecule has 3 atom stereocenters. The lowest BCUT2D eigenvalue weighted by Crippen LogP contribution is -2.33. The molecule has 1 heterocycles. The van der Waals surface area contributed by atoms with Crippen molar-refractivity contribution in [2.45, 2.75) is 50.8 Å². The number of nitrogens with one attached hydrogen (secondary N) is 1. The second kappa shape index (κ2) is 6.98. The SMILES string of the molecule is CCS(=O)C1CCCC(Nc2ncc([N+](=O)[O-])cc2C)C1. The fourth-order valence-corrected chi connectivity index (χ4v) is 4.10. The van der Waals surface area contributed by atoms with Crippen LogP contribution in [0.15, 0.2) is 12.3 Å². The molecular formula is C14H21N3O3S. The first-order chi connectivity index (χ1) is 10.0. The molecule has 1 saturated carbocycles. The van der Waals surface area contributed by atoms with Crippen molar-refractivity contribution in [3.63, 3.8) is 0 Å².